The number of aromatic nitrogens is 4. The first kappa shape index (κ1) is 13.8. The van der Waals surface area contributed by atoms with Crippen molar-refractivity contribution in [1.82, 2.24) is 24.0 Å². The molecule has 1 aliphatic heterocycles. The third-order valence-electron chi connectivity index (χ3n) is 4.58. The summed E-state index contributed by atoms with van der Waals surface area (Å²) in [5.74, 6) is 1.17. The van der Waals surface area contributed by atoms with Crippen LogP contribution in [0, 0.1) is 6.92 Å². The first-order valence-corrected chi connectivity index (χ1v) is 8.44. The second-order valence-corrected chi connectivity index (χ2v) is 6.77. The van der Waals surface area contributed by atoms with Crippen LogP contribution in [-0.2, 0) is 13.6 Å². The lowest BCUT2D eigenvalue weighted by Crippen LogP contribution is -2.24. The number of rotatable bonds is 3. The third-order valence-corrected chi connectivity index (χ3v) is 5.38. The lowest BCUT2D eigenvalue weighted by molar-refractivity contribution is 0.238. The van der Waals surface area contributed by atoms with Crippen molar-refractivity contribution in [3.63, 3.8) is 0 Å². The van der Waals surface area contributed by atoms with Gasteiger partial charge in [0, 0.05) is 13.6 Å². The summed E-state index contributed by atoms with van der Waals surface area (Å²) in [6, 6.07) is 8.75. The van der Waals surface area contributed by atoms with Crippen molar-refractivity contribution < 1.29 is 0 Å². The highest BCUT2D eigenvalue weighted by atomic mass is 32.1. The third kappa shape index (κ3) is 2.23. The summed E-state index contributed by atoms with van der Waals surface area (Å²) in [7, 11) is 2.13. The number of fused-ring (bicyclic) bond motifs is 1. The van der Waals surface area contributed by atoms with Gasteiger partial charge in [0.25, 0.3) is 0 Å². The molecule has 0 radical (unpaired) electrons. The van der Waals surface area contributed by atoms with Gasteiger partial charge in [-0.05, 0) is 50.0 Å². The van der Waals surface area contributed by atoms with Crippen LogP contribution in [-0.4, -0.2) is 30.6 Å². The molecule has 0 N–H and O–H groups in total. The molecule has 1 saturated heterocycles. The van der Waals surface area contributed by atoms with Crippen LogP contribution in [0.4, 0.5) is 0 Å². The predicted octanol–water partition coefficient (Wildman–Crippen LogP) is 3.07. The van der Waals surface area contributed by atoms with Crippen molar-refractivity contribution in [3.8, 4) is 0 Å². The Morgan fingerprint density at radius 1 is 1.32 bits per heavy atom. The van der Waals surface area contributed by atoms with Crippen molar-refractivity contribution in [2.75, 3.05) is 6.54 Å². The molecule has 0 bridgehead atoms. The van der Waals surface area contributed by atoms with Gasteiger partial charge in [-0.1, -0.05) is 16.6 Å². The van der Waals surface area contributed by atoms with Gasteiger partial charge < -0.3 is 4.57 Å². The van der Waals surface area contributed by atoms with Gasteiger partial charge in [-0.15, -0.1) is 5.10 Å². The van der Waals surface area contributed by atoms with Gasteiger partial charge in [0.1, 0.15) is 5.82 Å². The van der Waals surface area contributed by atoms with Crippen LogP contribution in [0.2, 0.25) is 0 Å². The largest absolute Gasteiger partial charge is 0.330 e. The minimum atomic E-state index is 0.388. The molecule has 1 fully saturated rings. The van der Waals surface area contributed by atoms with E-state index in [1.54, 1.807) is 0 Å². The number of imidazole rings is 1. The van der Waals surface area contributed by atoms with Gasteiger partial charge in [0.2, 0.25) is 0 Å². The molecule has 114 valence electrons. The number of hydrogen-bond acceptors (Lipinski definition) is 5. The normalized spacial score (nSPS) is 19.3. The van der Waals surface area contributed by atoms with Crippen LogP contribution in [0.1, 0.15) is 35.3 Å². The number of likely N-dealkylation sites (tertiary alicyclic amines) is 1. The molecule has 22 heavy (non-hydrogen) atoms. The van der Waals surface area contributed by atoms with Crippen molar-refractivity contribution >= 4 is 22.6 Å². The van der Waals surface area contributed by atoms with Crippen LogP contribution < -0.4 is 0 Å². The number of hydrogen-bond donors (Lipinski definition) is 0. The minimum Gasteiger partial charge on any atom is -0.330 e. The monoisotopic (exact) mass is 313 g/mol. The van der Waals surface area contributed by atoms with E-state index in [0.29, 0.717) is 6.04 Å². The Morgan fingerprint density at radius 3 is 2.95 bits per heavy atom. The summed E-state index contributed by atoms with van der Waals surface area (Å²) in [6.07, 6.45) is 2.39. The average Bonchev–Trinajstić information content (AvgIpc) is 3.21. The number of nitrogens with zero attached hydrogens (tertiary/aromatic N) is 5. The average molecular weight is 313 g/mol. The standard InChI is InChI=1S/C16H19N5S/c1-11-15(22-19-18-11)10-21-9-5-8-14(21)16-17-12-6-3-4-7-13(12)20(16)2/h3-4,6-7,14H,5,8-10H2,1-2H3. The van der Waals surface area contributed by atoms with Gasteiger partial charge in [-0.2, -0.15) is 0 Å². The zero-order valence-corrected chi connectivity index (χ0v) is 13.7. The molecule has 3 aromatic rings. The molecular formula is C16H19N5S. The van der Waals surface area contributed by atoms with E-state index >= 15 is 0 Å². The Morgan fingerprint density at radius 2 is 2.18 bits per heavy atom. The summed E-state index contributed by atoms with van der Waals surface area (Å²) < 4.78 is 6.30. The molecule has 6 heteroatoms. The molecule has 1 atom stereocenters. The highest BCUT2D eigenvalue weighted by Crippen LogP contribution is 2.34. The SMILES string of the molecule is Cc1nnsc1CN1CCCC1c1nc2ccccc2n1C. The zero-order valence-electron chi connectivity index (χ0n) is 12.9. The minimum absolute atomic E-state index is 0.388. The van der Waals surface area contributed by atoms with Crippen molar-refractivity contribution in [3.05, 3.63) is 40.7 Å². The topological polar surface area (TPSA) is 46.8 Å². The Labute approximate surface area is 133 Å². The molecular weight excluding hydrogens is 294 g/mol. The maximum atomic E-state index is 4.89. The molecule has 3 heterocycles. The smallest absolute Gasteiger partial charge is 0.127 e. The second kappa shape index (κ2) is 5.44. The van der Waals surface area contributed by atoms with Gasteiger partial charge in [0.05, 0.1) is 27.6 Å². The van der Waals surface area contributed by atoms with Gasteiger partial charge in [-0.25, -0.2) is 4.98 Å². The fourth-order valence-electron chi connectivity index (χ4n) is 3.35. The summed E-state index contributed by atoms with van der Waals surface area (Å²) in [5, 5.41) is 4.13. The predicted molar refractivity (Wildman–Crippen MR) is 87.7 cm³/mol. The zero-order chi connectivity index (χ0) is 15.1. The van der Waals surface area contributed by atoms with Gasteiger partial charge in [-0.3, -0.25) is 4.90 Å². The van der Waals surface area contributed by atoms with E-state index < -0.39 is 0 Å². The fraction of sp³-hybridized carbons (Fsp3) is 0.438. The van der Waals surface area contributed by atoms with Crippen LogP contribution in [0.25, 0.3) is 11.0 Å². The molecule has 0 spiro atoms. The molecule has 1 aromatic carbocycles. The van der Waals surface area contributed by atoms with E-state index in [4.69, 9.17) is 4.98 Å². The molecule has 0 saturated carbocycles. The first-order chi connectivity index (χ1) is 10.7. The Balaban J connectivity index is 1.67. The van der Waals surface area contributed by atoms with E-state index in [1.807, 2.05) is 6.92 Å². The first-order valence-electron chi connectivity index (χ1n) is 7.67. The summed E-state index contributed by atoms with van der Waals surface area (Å²) >= 11 is 1.51. The Hall–Kier alpha value is -1.79. The van der Waals surface area contributed by atoms with E-state index in [9.17, 15) is 0 Å². The van der Waals surface area contributed by atoms with Crippen LogP contribution in [0.3, 0.4) is 0 Å². The maximum absolute atomic E-state index is 4.89. The highest BCUT2D eigenvalue weighted by molar-refractivity contribution is 7.05. The highest BCUT2D eigenvalue weighted by Gasteiger charge is 2.30. The molecule has 2 aromatic heterocycles. The molecule has 0 aliphatic carbocycles. The van der Waals surface area contributed by atoms with E-state index in [-0.39, 0.29) is 0 Å². The molecule has 1 unspecified atom stereocenters. The summed E-state index contributed by atoms with van der Waals surface area (Å²) in [5.41, 5.74) is 3.35. The summed E-state index contributed by atoms with van der Waals surface area (Å²) in [4.78, 5) is 8.68. The van der Waals surface area contributed by atoms with Crippen LogP contribution in [0.15, 0.2) is 24.3 Å². The molecule has 4 rings (SSSR count). The second-order valence-electron chi connectivity index (χ2n) is 5.93. The number of para-hydroxylation sites is 2. The van der Waals surface area contributed by atoms with Crippen molar-refractivity contribution in [2.24, 2.45) is 7.05 Å². The number of aryl methyl sites for hydroxylation is 2. The van der Waals surface area contributed by atoms with Crippen molar-refractivity contribution in [1.29, 1.82) is 0 Å². The van der Waals surface area contributed by atoms with Gasteiger partial charge >= 0.3 is 0 Å². The fourth-order valence-corrected chi connectivity index (χ4v) is 4.01. The molecule has 5 nitrogen and oxygen atoms in total. The maximum Gasteiger partial charge on any atom is 0.127 e. The Kier molecular flexibility index (Phi) is 3.43. The van der Waals surface area contributed by atoms with Gasteiger partial charge in [0.15, 0.2) is 0 Å². The molecule has 0 amide bonds. The van der Waals surface area contributed by atoms with E-state index in [2.05, 4.69) is 50.4 Å². The summed E-state index contributed by atoms with van der Waals surface area (Å²) in [6.45, 7) is 4.08. The number of benzene rings is 1. The molecule has 1 aliphatic rings. The van der Waals surface area contributed by atoms with E-state index in [1.165, 1.54) is 40.6 Å². The lowest BCUT2D eigenvalue weighted by Gasteiger charge is -2.23. The Bertz CT molecular complexity index is 806. The lowest BCUT2D eigenvalue weighted by atomic mass is 10.2. The van der Waals surface area contributed by atoms with Crippen molar-refractivity contribution in [2.45, 2.75) is 32.4 Å². The van der Waals surface area contributed by atoms with Crippen LogP contribution in [0.5, 0.6) is 0 Å². The van der Waals surface area contributed by atoms with Crippen LogP contribution >= 0.6 is 11.5 Å². The van der Waals surface area contributed by atoms with E-state index in [0.717, 1.165) is 24.3 Å². The quantitative estimate of drug-likeness (QED) is 0.745.